The molecule has 1 fully saturated rings. The van der Waals surface area contributed by atoms with Gasteiger partial charge in [-0.15, -0.1) is 0 Å². The average Bonchev–Trinajstić information content (AvgIpc) is 2.48. The van der Waals surface area contributed by atoms with Gasteiger partial charge in [-0.25, -0.2) is 9.78 Å². The SMILES string of the molecule is CC(=O)N1CC2(Cc3cc(C=CC(=O)OC(C)(C)C)cnc3NC2=O)C1. The van der Waals surface area contributed by atoms with E-state index in [4.69, 9.17) is 4.74 Å². The number of amides is 2. The van der Waals surface area contributed by atoms with Crippen LogP contribution >= 0.6 is 0 Å². The number of aromatic nitrogens is 1. The van der Waals surface area contributed by atoms with Crippen molar-refractivity contribution < 1.29 is 19.1 Å². The lowest BCUT2D eigenvalue weighted by Crippen LogP contribution is -2.65. The Hall–Kier alpha value is -2.70. The van der Waals surface area contributed by atoms with Crippen LogP contribution in [0.4, 0.5) is 5.82 Å². The lowest BCUT2D eigenvalue weighted by atomic mass is 9.72. The van der Waals surface area contributed by atoms with Gasteiger partial charge >= 0.3 is 5.97 Å². The van der Waals surface area contributed by atoms with E-state index in [-0.39, 0.29) is 11.8 Å². The van der Waals surface area contributed by atoms with Crippen molar-refractivity contribution in [2.75, 3.05) is 18.4 Å². The maximum absolute atomic E-state index is 12.4. The van der Waals surface area contributed by atoms with Gasteiger partial charge in [0.05, 0.1) is 5.41 Å². The number of ether oxygens (including phenoxy) is 1. The van der Waals surface area contributed by atoms with Crippen LogP contribution < -0.4 is 5.32 Å². The van der Waals surface area contributed by atoms with Crippen molar-refractivity contribution in [1.29, 1.82) is 0 Å². The van der Waals surface area contributed by atoms with E-state index < -0.39 is 17.0 Å². The van der Waals surface area contributed by atoms with Crippen molar-refractivity contribution >= 4 is 29.7 Å². The third-order valence-electron chi connectivity index (χ3n) is 4.48. The highest BCUT2D eigenvalue weighted by atomic mass is 16.6. The number of likely N-dealkylation sites (tertiary alicyclic amines) is 1. The van der Waals surface area contributed by atoms with Crippen molar-refractivity contribution in [1.82, 2.24) is 9.88 Å². The van der Waals surface area contributed by atoms with Crippen LogP contribution in [0.5, 0.6) is 0 Å². The summed E-state index contributed by atoms with van der Waals surface area (Å²) in [6.07, 6.45) is 5.14. The molecule has 3 rings (SSSR count). The molecule has 2 amide bonds. The topological polar surface area (TPSA) is 88.6 Å². The molecule has 1 aromatic rings. The third-order valence-corrected chi connectivity index (χ3v) is 4.48. The molecule has 0 aromatic carbocycles. The second-order valence-corrected chi connectivity index (χ2v) is 7.93. The van der Waals surface area contributed by atoms with Crippen LogP contribution in [-0.4, -0.2) is 46.4 Å². The normalized spacial score (nSPS) is 18.3. The number of hydrogen-bond donors (Lipinski definition) is 1. The molecule has 0 atom stereocenters. The van der Waals surface area contributed by atoms with Crippen molar-refractivity contribution in [3.8, 4) is 0 Å². The minimum Gasteiger partial charge on any atom is -0.457 e. The Morgan fingerprint density at radius 2 is 2.04 bits per heavy atom. The van der Waals surface area contributed by atoms with E-state index >= 15 is 0 Å². The smallest absolute Gasteiger partial charge is 0.331 e. The molecule has 1 saturated heterocycles. The van der Waals surface area contributed by atoms with Gasteiger partial charge in [-0.1, -0.05) is 0 Å². The number of rotatable bonds is 2. The fourth-order valence-electron chi connectivity index (χ4n) is 3.21. The summed E-state index contributed by atoms with van der Waals surface area (Å²) in [5, 5.41) is 2.83. The molecule has 0 bridgehead atoms. The molecule has 26 heavy (non-hydrogen) atoms. The van der Waals surface area contributed by atoms with Gasteiger partial charge in [0.15, 0.2) is 0 Å². The lowest BCUT2D eigenvalue weighted by molar-refractivity contribution is -0.150. The Morgan fingerprint density at radius 3 is 2.65 bits per heavy atom. The zero-order valence-electron chi connectivity index (χ0n) is 15.5. The average molecular weight is 357 g/mol. The fraction of sp³-hybridized carbons (Fsp3) is 0.474. The van der Waals surface area contributed by atoms with E-state index in [1.165, 1.54) is 13.0 Å². The summed E-state index contributed by atoms with van der Waals surface area (Å²) in [5.74, 6) is 0.000781. The zero-order valence-corrected chi connectivity index (χ0v) is 15.5. The Balaban J connectivity index is 1.74. The van der Waals surface area contributed by atoms with Crippen LogP contribution in [0.3, 0.4) is 0 Å². The van der Waals surface area contributed by atoms with Gasteiger partial charge in [0.25, 0.3) is 0 Å². The molecule has 1 aromatic heterocycles. The predicted molar refractivity (Wildman–Crippen MR) is 96.1 cm³/mol. The van der Waals surface area contributed by atoms with Gasteiger partial charge in [-0.3, -0.25) is 9.59 Å². The minimum absolute atomic E-state index is 0.0265. The highest BCUT2D eigenvalue weighted by Crippen LogP contribution is 2.40. The summed E-state index contributed by atoms with van der Waals surface area (Å²) in [6, 6.07) is 1.90. The number of carbonyl (C=O) groups is 3. The monoisotopic (exact) mass is 357 g/mol. The number of carbonyl (C=O) groups excluding carboxylic acids is 3. The number of esters is 1. The number of anilines is 1. The Kier molecular flexibility index (Phi) is 4.34. The minimum atomic E-state index is -0.576. The van der Waals surface area contributed by atoms with E-state index in [1.807, 2.05) is 26.8 Å². The first-order valence-corrected chi connectivity index (χ1v) is 8.55. The molecule has 2 aliphatic heterocycles. The van der Waals surface area contributed by atoms with Gasteiger partial charge < -0.3 is 15.0 Å². The van der Waals surface area contributed by atoms with Crippen LogP contribution in [-0.2, 0) is 25.5 Å². The Morgan fingerprint density at radius 1 is 1.35 bits per heavy atom. The molecule has 1 N–H and O–H groups in total. The van der Waals surface area contributed by atoms with E-state index in [0.29, 0.717) is 25.3 Å². The number of nitrogens with zero attached hydrogens (tertiary/aromatic N) is 2. The predicted octanol–water partition coefficient (Wildman–Crippen LogP) is 1.78. The Bertz CT molecular complexity index is 801. The van der Waals surface area contributed by atoms with Gasteiger partial charge in [-0.05, 0) is 50.5 Å². The van der Waals surface area contributed by atoms with Crippen LogP contribution in [0, 0.1) is 5.41 Å². The van der Waals surface area contributed by atoms with Crippen molar-refractivity contribution in [2.24, 2.45) is 5.41 Å². The zero-order chi connectivity index (χ0) is 19.1. The van der Waals surface area contributed by atoms with Crippen molar-refractivity contribution in [3.63, 3.8) is 0 Å². The van der Waals surface area contributed by atoms with Crippen LogP contribution in [0.1, 0.15) is 38.8 Å². The molecule has 0 saturated carbocycles. The van der Waals surface area contributed by atoms with Crippen molar-refractivity contribution in [2.45, 2.75) is 39.7 Å². The van der Waals surface area contributed by atoms with Gasteiger partial charge in [0.2, 0.25) is 11.8 Å². The number of nitrogens with one attached hydrogen (secondary N) is 1. The maximum Gasteiger partial charge on any atom is 0.331 e. The highest BCUT2D eigenvalue weighted by Gasteiger charge is 2.52. The largest absolute Gasteiger partial charge is 0.457 e. The lowest BCUT2D eigenvalue weighted by Gasteiger charge is -2.50. The van der Waals surface area contributed by atoms with Crippen LogP contribution in [0.25, 0.3) is 6.08 Å². The van der Waals surface area contributed by atoms with E-state index in [9.17, 15) is 14.4 Å². The Labute approximate surface area is 152 Å². The molecular weight excluding hydrogens is 334 g/mol. The fourth-order valence-corrected chi connectivity index (χ4v) is 3.21. The molecule has 1 spiro atoms. The molecule has 0 unspecified atom stereocenters. The van der Waals surface area contributed by atoms with E-state index in [0.717, 1.165) is 11.1 Å². The molecule has 3 heterocycles. The van der Waals surface area contributed by atoms with Gasteiger partial charge in [0.1, 0.15) is 11.4 Å². The quantitative estimate of drug-likeness (QED) is 0.644. The molecule has 138 valence electrons. The first-order valence-electron chi connectivity index (χ1n) is 8.55. The van der Waals surface area contributed by atoms with Crippen molar-refractivity contribution in [3.05, 3.63) is 29.5 Å². The maximum atomic E-state index is 12.4. The first-order chi connectivity index (χ1) is 12.1. The second kappa shape index (κ2) is 6.23. The van der Waals surface area contributed by atoms with Crippen LogP contribution in [0.2, 0.25) is 0 Å². The van der Waals surface area contributed by atoms with Gasteiger partial charge in [-0.2, -0.15) is 0 Å². The summed E-state index contributed by atoms with van der Waals surface area (Å²) in [7, 11) is 0. The van der Waals surface area contributed by atoms with Crippen LogP contribution in [0.15, 0.2) is 18.3 Å². The number of fused-ring (bicyclic) bond motifs is 1. The molecule has 2 aliphatic rings. The molecule has 7 nitrogen and oxygen atoms in total. The third kappa shape index (κ3) is 3.61. The molecule has 0 aliphatic carbocycles. The molecule has 0 radical (unpaired) electrons. The summed E-state index contributed by atoms with van der Waals surface area (Å²) in [5.41, 5.74) is 0.537. The molecular formula is C19H23N3O4. The summed E-state index contributed by atoms with van der Waals surface area (Å²) in [6.45, 7) is 7.78. The van der Waals surface area contributed by atoms with E-state index in [2.05, 4.69) is 10.3 Å². The molecule has 7 heteroatoms. The summed E-state index contributed by atoms with van der Waals surface area (Å²) in [4.78, 5) is 41.6. The number of hydrogen-bond acceptors (Lipinski definition) is 5. The highest BCUT2D eigenvalue weighted by molar-refractivity contribution is 5.99. The second-order valence-electron chi connectivity index (χ2n) is 7.93. The number of pyridine rings is 1. The first kappa shape index (κ1) is 18.1. The van der Waals surface area contributed by atoms with E-state index in [1.54, 1.807) is 17.2 Å². The summed E-state index contributed by atoms with van der Waals surface area (Å²) < 4.78 is 5.24. The standard InChI is InChI=1S/C19H23N3O4/c1-12(23)22-10-19(11-22)8-14-7-13(9-20-16(14)21-17(19)25)5-6-15(24)26-18(2,3)4/h5-7,9H,8,10-11H2,1-4H3,(H,20,21,25). The van der Waals surface area contributed by atoms with Gasteiger partial charge in [0, 0.05) is 32.3 Å². The summed E-state index contributed by atoms with van der Waals surface area (Å²) >= 11 is 0.